The zero-order chi connectivity index (χ0) is 20.5. The van der Waals surface area contributed by atoms with E-state index in [9.17, 15) is 4.79 Å². The monoisotopic (exact) mass is 395 g/mol. The third kappa shape index (κ3) is 5.78. The largest absolute Gasteiger partial charge is 0.493 e. The molecule has 6 nitrogen and oxygen atoms in total. The van der Waals surface area contributed by atoms with Gasteiger partial charge in [0.15, 0.2) is 17.3 Å². The standard InChI is InChI=1S/C23H25NO5/c1-3-13-27-20-11-9-17(14-22(20)26-2)15-24-23(25)21-12-10-19(29-21)16-28-18-7-5-4-6-8-18/h4-12,14H,3,13,15-16H2,1-2H3,(H,24,25). The summed E-state index contributed by atoms with van der Waals surface area (Å²) in [5.74, 6) is 2.61. The van der Waals surface area contributed by atoms with Crippen molar-refractivity contribution in [2.75, 3.05) is 13.7 Å². The Morgan fingerprint density at radius 2 is 1.83 bits per heavy atom. The van der Waals surface area contributed by atoms with Crippen molar-refractivity contribution < 1.29 is 23.4 Å². The highest BCUT2D eigenvalue weighted by atomic mass is 16.5. The summed E-state index contributed by atoms with van der Waals surface area (Å²) in [5.41, 5.74) is 0.901. The van der Waals surface area contributed by atoms with Crippen LogP contribution in [-0.4, -0.2) is 19.6 Å². The number of carbonyl (C=O) groups excluding carboxylic acids is 1. The highest BCUT2D eigenvalue weighted by Crippen LogP contribution is 2.28. The van der Waals surface area contributed by atoms with Crippen LogP contribution < -0.4 is 19.5 Å². The Kier molecular flexibility index (Phi) is 7.16. The van der Waals surface area contributed by atoms with E-state index in [2.05, 4.69) is 5.32 Å². The van der Waals surface area contributed by atoms with Gasteiger partial charge in [-0.05, 0) is 48.4 Å². The number of carbonyl (C=O) groups is 1. The molecular formula is C23H25NO5. The van der Waals surface area contributed by atoms with E-state index >= 15 is 0 Å². The molecule has 1 N–H and O–H groups in total. The molecule has 0 fully saturated rings. The summed E-state index contributed by atoms with van der Waals surface area (Å²) in [5, 5.41) is 2.85. The summed E-state index contributed by atoms with van der Waals surface area (Å²) in [6, 6.07) is 18.4. The molecule has 29 heavy (non-hydrogen) atoms. The second-order valence-corrected chi connectivity index (χ2v) is 6.38. The minimum absolute atomic E-state index is 0.242. The van der Waals surface area contributed by atoms with Crippen molar-refractivity contribution in [2.24, 2.45) is 0 Å². The van der Waals surface area contributed by atoms with Crippen LogP contribution in [-0.2, 0) is 13.2 Å². The van der Waals surface area contributed by atoms with Gasteiger partial charge in [0.25, 0.3) is 5.91 Å². The molecule has 0 saturated carbocycles. The van der Waals surface area contributed by atoms with Crippen molar-refractivity contribution in [3.05, 3.63) is 77.7 Å². The Labute approximate surface area is 170 Å². The van der Waals surface area contributed by atoms with Gasteiger partial charge < -0.3 is 23.9 Å². The van der Waals surface area contributed by atoms with Crippen molar-refractivity contribution in [1.82, 2.24) is 5.32 Å². The number of furan rings is 1. The molecule has 0 saturated heterocycles. The number of ether oxygens (including phenoxy) is 3. The van der Waals surface area contributed by atoms with Crippen LogP contribution >= 0.6 is 0 Å². The highest BCUT2D eigenvalue weighted by molar-refractivity contribution is 5.91. The fraction of sp³-hybridized carbons (Fsp3) is 0.261. The fourth-order valence-electron chi connectivity index (χ4n) is 2.67. The molecule has 1 heterocycles. The molecule has 0 bridgehead atoms. The molecule has 0 spiro atoms. The Morgan fingerprint density at radius 3 is 2.59 bits per heavy atom. The first-order chi connectivity index (χ1) is 14.2. The molecule has 0 radical (unpaired) electrons. The summed E-state index contributed by atoms with van der Waals surface area (Å²) in [4.78, 5) is 12.4. The van der Waals surface area contributed by atoms with E-state index < -0.39 is 0 Å². The summed E-state index contributed by atoms with van der Waals surface area (Å²) in [7, 11) is 1.60. The van der Waals surface area contributed by atoms with Gasteiger partial charge in [-0.3, -0.25) is 4.79 Å². The second kappa shape index (κ2) is 10.2. The molecule has 1 aromatic heterocycles. The summed E-state index contributed by atoms with van der Waals surface area (Å²) in [6.07, 6.45) is 0.919. The van der Waals surface area contributed by atoms with Gasteiger partial charge in [-0.15, -0.1) is 0 Å². The van der Waals surface area contributed by atoms with E-state index in [1.807, 2.05) is 55.5 Å². The molecule has 0 atom stereocenters. The zero-order valence-electron chi connectivity index (χ0n) is 16.6. The lowest BCUT2D eigenvalue weighted by Gasteiger charge is -2.12. The summed E-state index contributed by atoms with van der Waals surface area (Å²) >= 11 is 0. The molecule has 0 aliphatic carbocycles. The van der Waals surface area contributed by atoms with Crippen molar-refractivity contribution in [3.8, 4) is 17.2 Å². The van der Waals surface area contributed by atoms with E-state index in [4.69, 9.17) is 18.6 Å². The maximum atomic E-state index is 12.4. The quantitative estimate of drug-likeness (QED) is 0.544. The van der Waals surface area contributed by atoms with Gasteiger partial charge in [0, 0.05) is 6.54 Å². The fourth-order valence-corrected chi connectivity index (χ4v) is 2.67. The Bertz CT molecular complexity index is 920. The van der Waals surface area contributed by atoms with Gasteiger partial charge in [0.1, 0.15) is 18.1 Å². The van der Waals surface area contributed by atoms with Crippen LogP contribution in [0, 0.1) is 0 Å². The number of methoxy groups -OCH3 is 1. The van der Waals surface area contributed by atoms with Gasteiger partial charge >= 0.3 is 0 Å². The van der Waals surface area contributed by atoms with Crippen molar-refractivity contribution in [1.29, 1.82) is 0 Å². The lowest BCUT2D eigenvalue weighted by Crippen LogP contribution is -2.22. The van der Waals surface area contributed by atoms with Crippen LogP contribution in [0.3, 0.4) is 0 Å². The first-order valence-electron chi connectivity index (χ1n) is 9.54. The number of nitrogens with one attached hydrogen (secondary N) is 1. The molecule has 0 unspecified atom stereocenters. The number of hydrogen-bond donors (Lipinski definition) is 1. The molecule has 2 aromatic carbocycles. The van der Waals surface area contributed by atoms with Gasteiger partial charge in [-0.2, -0.15) is 0 Å². The number of benzene rings is 2. The van der Waals surface area contributed by atoms with Crippen molar-refractivity contribution >= 4 is 5.91 Å². The van der Waals surface area contributed by atoms with Gasteiger partial charge in [0.2, 0.25) is 0 Å². The van der Waals surface area contributed by atoms with E-state index in [-0.39, 0.29) is 18.3 Å². The average molecular weight is 395 g/mol. The van der Waals surface area contributed by atoms with Crippen LogP contribution in [0.4, 0.5) is 0 Å². The lowest BCUT2D eigenvalue weighted by molar-refractivity contribution is 0.0919. The first kappa shape index (κ1) is 20.3. The zero-order valence-corrected chi connectivity index (χ0v) is 16.6. The smallest absolute Gasteiger partial charge is 0.287 e. The molecule has 3 aromatic rings. The van der Waals surface area contributed by atoms with E-state index in [0.29, 0.717) is 30.4 Å². The molecule has 1 amide bonds. The van der Waals surface area contributed by atoms with Crippen LogP contribution in [0.5, 0.6) is 17.2 Å². The lowest BCUT2D eigenvalue weighted by atomic mass is 10.2. The van der Waals surface area contributed by atoms with Gasteiger partial charge in [-0.25, -0.2) is 0 Å². The third-order valence-corrected chi connectivity index (χ3v) is 4.15. The SMILES string of the molecule is CCCOc1ccc(CNC(=O)c2ccc(COc3ccccc3)o2)cc1OC. The van der Waals surface area contributed by atoms with E-state index in [1.165, 1.54) is 0 Å². The second-order valence-electron chi connectivity index (χ2n) is 6.38. The number of amides is 1. The van der Waals surface area contributed by atoms with E-state index in [0.717, 1.165) is 17.7 Å². The third-order valence-electron chi connectivity index (χ3n) is 4.15. The number of para-hydroxylation sites is 1. The molecule has 0 aliphatic heterocycles. The maximum Gasteiger partial charge on any atom is 0.287 e. The first-order valence-corrected chi connectivity index (χ1v) is 9.54. The predicted octanol–water partition coefficient (Wildman–Crippen LogP) is 4.59. The molecule has 0 aliphatic rings. The Morgan fingerprint density at radius 1 is 1.00 bits per heavy atom. The molecule has 6 heteroatoms. The van der Waals surface area contributed by atoms with Gasteiger partial charge in [-0.1, -0.05) is 31.2 Å². The minimum Gasteiger partial charge on any atom is -0.493 e. The highest BCUT2D eigenvalue weighted by Gasteiger charge is 2.12. The maximum absolute atomic E-state index is 12.4. The molecular weight excluding hydrogens is 370 g/mol. The summed E-state index contributed by atoms with van der Waals surface area (Å²) in [6.45, 7) is 3.28. The van der Waals surface area contributed by atoms with Crippen LogP contribution in [0.2, 0.25) is 0 Å². The normalized spacial score (nSPS) is 10.4. The number of rotatable bonds is 10. The molecule has 152 valence electrons. The van der Waals surface area contributed by atoms with Crippen LogP contribution in [0.25, 0.3) is 0 Å². The van der Waals surface area contributed by atoms with Crippen LogP contribution in [0.15, 0.2) is 65.1 Å². The Balaban J connectivity index is 1.53. The predicted molar refractivity (Wildman–Crippen MR) is 109 cm³/mol. The number of hydrogen-bond acceptors (Lipinski definition) is 5. The van der Waals surface area contributed by atoms with E-state index in [1.54, 1.807) is 19.2 Å². The van der Waals surface area contributed by atoms with Gasteiger partial charge in [0.05, 0.1) is 13.7 Å². The summed E-state index contributed by atoms with van der Waals surface area (Å²) < 4.78 is 22.2. The average Bonchev–Trinajstić information content (AvgIpc) is 3.24. The van der Waals surface area contributed by atoms with Crippen molar-refractivity contribution in [2.45, 2.75) is 26.5 Å². The van der Waals surface area contributed by atoms with Crippen LogP contribution in [0.1, 0.15) is 35.2 Å². The van der Waals surface area contributed by atoms with Crippen molar-refractivity contribution in [3.63, 3.8) is 0 Å². The Hall–Kier alpha value is -3.41. The minimum atomic E-state index is -0.291. The topological polar surface area (TPSA) is 69.9 Å². The molecule has 3 rings (SSSR count).